The second-order valence-electron chi connectivity index (χ2n) is 5.90. The van der Waals surface area contributed by atoms with Crippen LogP contribution < -0.4 is 0 Å². The Morgan fingerprint density at radius 2 is 1.96 bits per heavy atom. The van der Waals surface area contributed by atoms with Crippen molar-refractivity contribution in [1.29, 1.82) is 0 Å². The van der Waals surface area contributed by atoms with Crippen LogP contribution in [-0.4, -0.2) is 31.1 Å². The van der Waals surface area contributed by atoms with Gasteiger partial charge < -0.3 is 9.64 Å². The molecule has 0 aliphatic carbocycles. The number of likely N-dealkylation sites (tertiary alicyclic amines) is 1. The first-order valence-corrected chi connectivity index (χ1v) is 8.39. The summed E-state index contributed by atoms with van der Waals surface area (Å²) >= 11 is 6.02. The highest BCUT2D eigenvalue weighted by atomic mass is 35.5. The summed E-state index contributed by atoms with van der Waals surface area (Å²) in [6.07, 6.45) is -1.20. The Bertz CT molecular complexity index is 901. The molecule has 0 saturated carbocycles. The zero-order chi connectivity index (χ0) is 23.8. The summed E-state index contributed by atoms with van der Waals surface area (Å²) < 4.78 is 71.6. The summed E-state index contributed by atoms with van der Waals surface area (Å²) in [5.41, 5.74) is -1.31. The van der Waals surface area contributed by atoms with Crippen LogP contribution >= 0.6 is 11.6 Å². The Balaban J connectivity index is 2.04. The first kappa shape index (κ1) is 9.96. The van der Waals surface area contributed by atoms with Crippen LogP contribution in [0.15, 0.2) is 54.6 Å². The number of hydrogen-bond acceptors (Lipinski definition) is 2. The number of hydrogen-bond donors (Lipinski definition) is 0. The van der Waals surface area contributed by atoms with E-state index in [1.165, 1.54) is 0 Å². The number of ether oxygens (including phenoxy) is 1. The SMILES string of the molecule is [2H]C([2H])(CO[C@](c1ccccc1)(c1ccc(Cl)cc1)C([2H])([2H])[2H])[C@H]1CCCN1C([2H])([2H])[2H]. The van der Waals surface area contributed by atoms with E-state index >= 15 is 0 Å². The highest BCUT2D eigenvalue weighted by Gasteiger charge is 2.30. The minimum atomic E-state index is -2.70. The molecular formula is C21H26ClNO. The summed E-state index contributed by atoms with van der Waals surface area (Å²) in [6.45, 7) is -5.48. The Kier molecular flexibility index (Phi) is 3.19. The van der Waals surface area contributed by atoms with Gasteiger partial charge in [-0.25, -0.2) is 0 Å². The number of benzene rings is 2. The van der Waals surface area contributed by atoms with Gasteiger partial charge in [0.1, 0.15) is 5.60 Å². The van der Waals surface area contributed by atoms with Gasteiger partial charge in [0.25, 0.3) is 0 Å². The zero-order valence-electron chi connectivity index (χ0n) is 21.3. The molecule has 0 N–H and O–H groups in total. The summed E-state index contributed by atoms with van der Waals surface area (Å²) in [5.74, 6) is 0. The van der Waals surface area contributed by atoms with Crippen LogP contribution in [0.3, 0.4) is 0 Å². The highest BCUT2D eigenvalue weighted by molar-refractivity contribution is 6.30. The third-order valence-corrected chi connectivity index (χ3v) is 4.54. The van der Waals surface area contributed by atoms with Gasteiger partial charge in [0.05, 0.1) is 0 Å². The van der Waals surface area contributed by atoms with E-state index in [0.29, 0.717) is 29.0 Å². The van der Waals surface area contributed by atoms with E-state index in [1.54, 1.807) is 54.6 Å². The van der Waals surface area contributed by atoms with E-state index in [4.69, 9.17) is 27.3 Å². The van der Waals surface area contributed by atoms with Gasteiger partial charge in [0.15, 0.2) is 0 Å². The smallest absolute Gasteiger partial charge is 0.115 e. The van der Waals surface area contributed by atoms with E-state index in [2.05, 4.69) is 0 Å². The average Bonchev–Trinajstić information content (AvgIpc) is 3.21. The lowest BCUT2D eigenvalue weighted by atomic mass is 9.88. The van der Waals surface area contributed by atoms with Crippen LogP contribution in [0.2, 0.25) is 5.02 Å². The Morgan fingerprint density at radius 1 is 1.21 bits per heavy atom. The van der Waals surface area contributed by atoms with Crippen molar-refractivity contribution in [2.24, 2.45) is 0 Å². The largest absolute Gasteiger partial charge is 0.366 e. The Labute approximate surface area is 161 Å². The second kappa shape index (κ2) is 7.69. The van der Waals surface area contributed by atoms with Crippen molar-refractivity contribution in [3.63, 3.8) is 0 Å². The van der Waals surface area contributed by atoms with Gasteiger partial charge in [-0.15, -0.1) is 0 Å². The third-order valence-electron chi connectivity index (χ3n) is 4.29. The highest BCUT2D eigenvalue weighted by Crippen LogP contribution is 2.34. The van der Waals surface area contributed by atoms with Crippen molar-refractivity contribution in [3.8, 4) is 0 Å². The maximum absolute atomic E-state index is 8.62. The van der Waals surface area contributed by atoms with Crippen molar-refractivity contribution in [1.82, 2.24) is 4.90 Å². The predicted molar refractivity (Wildman–Crippen MR) is 101 cm³/mol. The number of halogens is 1. The predicted octanol–water partition coefficient (Wildman–Crippen LogP) is 5.10. The number of rotatable bonds is 6. The molecule has 24 heavy (non-hydrogen) atoms. The number of nitrogens with zero attached hydrogens (tertiary/aromatic N) is 1. The Hall–Kier alpha value is -1.35. The van der Waals surface area contributed by atoms with Crippen LogP contribution in [0.1, 0.15) is 48.2 Å². The molecule has 0 bridgehead atoms. The molecule has 3 rings (SSSR count). The average molecular weight is 352 g/mol. The molecule has 0 amide bonds. The summed E-state index contributed by atoms with van der Waals surface area (Å²) in [5, 5.41) is 0.427. The van der Waals surface area contributed by atoms with E-state index in [1.807, 2.05) is 0 Å². The van der Waals surface area contributed by atoms with Gasteiger partial charge in [-0.05, 0) is 62.8 Å². The lowest BCUT2D eigenvalue weighted by Gasteiger charge is -2.32. The van der Waals surface area contributed by atoms with Crippen molar-refractivity contribution >= 4 is 11.6 Å². The van der Waals surface area contributed by atoms with Crippen molar-refractivity contribution in [2.45, 2.75) is 37.7 Å². The summed E-state index contributed by atoms with van der Waals surface area (Å²) in [4.78, 5) is 1.16. The maximum Gasteiger partial charge on any atom is 0.115 e. The molecule has 0 aromatic heterocycles. The standard InChI is InChI=1S/C21H26ClNO/c1-21(17-7-4-3-5-8-17,18-10-12-19(22)13-11-18)24-16-14-20-9-6-15-23(20)2/h3-5,7-8,10-13,20H,6,9,14-16H2,1-2H3/t20-,21-/m1/s1/i1D3,2D3,14D2. The third kappa shape index (κ3) is 3.83. The maximum atomic E-state index is 8.62. The van der Waals surface area contributed by atoms with Crippen LogP contribution in [0.25, 0.3) is 0 Å². The van der Waals surface area contributed by atoms with Crippen LogP contribution in [-0.2, 0) is 10.3 Å². The zero-order valence-corrected chi connectivity index (χ0v) is 14.1. The first-order valence-electron chi connectivity index (χ1n) is 12.0. The molecule has 3 heteroatoms. The fraction of sp³-hybridized carbons (Fsp3) is 0.429. The minimum Gasteiger partial charge on any atom is -0.366 e. The summed E-state index contributed by atoms with van der Waals surface area (Å²) in [6, 6.07) is 13.7. The van der Waals surface area contributed by atoms with Gasteiger partial charge >= 0.3 is 0 Å². The van der Waals surface area contributed by atoms with Crippen LogP contribution in [0.4, 0.5) is 0 Å². The molecule has 128 valence electrons. The topological polar surface area (TPSA) is 12.5 Å². The molecule has 2 aromatic rings. The summed E-state index contributed by atoms with van der Waals surface area (Å²) in [7, 11) is 0. The molecule has 0 spiro atoms. The minimum absolute atomic E-state index is 0.251. The molecule has 0 radical (unpaired) electrons. The molecule has 0 unspecified atom stereocenters. The van der Waals surface area contributed by atoms with E-state index in [9.17, 15) is 0 Å². The molecule has 2 aromatic carbocycles. The van der Waals surface area contributed by atoms with Crippen molar-refractivity contribution < 1.29 is 15.7 Å². The van der Waals surface area contributed by atoms with E-state index in [-0.39, 0.29) is 6.54 Å². The molecule has 1 aliphatic rings. The lowest BCUT2D eigenvalue weighted by molar-refractivity contribution is -0.0117. The van der Waals surface area contributed by atoms with Gasteiger partial charge in [-0.3, -0.25) is 0 Å². The normalized spacial score (nSPS) is 27.5. The lowest BCUT2D eigenvalue weighted by Crippen LogP contribution is -2.31. The fourth-order valence-electron chi connectivity index (χ4n) is 2.92. The molecule has 1 heterocycles. The molecule has 1 saturated heterocycles. The molecule has 2 nitrogen and oxygen atoms in total. The van der Waals surface area contributed by atoms with E-state index in [0.717, 1.165) is 4.90 Å². The van der Waals surface area contributed by atoms with Crippen LogP contribution in [0.5, 0.6) is 0 Å². The van der Waals surface area contributed by atoms with Gasteiger partial charge in [-0.1, -0.05) is 54.1 Å². The molecule has 1 aliphatic heterocycles. The fourth-order valence-corrected chi connectivity index (χ4v) is 3.04. The van der Waals surface area contributed by atoms with Crippen molar-refractivity contribution in [2.75, 3.05) is 20.1 Å². The van der Waals surface area contributed by atoms with Gasteiger partial charge in [0, 0.05) is 28.6 Å². The van der Waals surface area contributed by atoms with Gasteiger partial charge in [-0.2, -0.15) is 0 Å². The molecular weight excluding hydrogens is 318 g/mol. The van der Waals surface area contributed by atoms with Crippen LogP contribution in [0, 0.1) is 0 Å². The molecule has 1 fully saturated rings. The first-order chi connectivity index (χ1) is 14.8. The quantitative estimate of drug-likeness (QED) is 0.717. The van der Waals surface area contributed by atoms with Crippen molar-refractivity contribution in [3.05, 3.63) is 70.7 Å². The second-order valence-corrected chi connectivity index (χ2v) is 6.33. The monoisotopic (exact) mass is 351 g/mol. The van der Waals surface area contributed by atoms with Gasteiger partial charge in [0.2, 0.25) is 0 Å². The molecule has 2 atom stereocenters. The van der Waals surface area contributed by atoms with E-state index < -0.39 is 38.5 Å². The Morgan fingerprint density at radius 3 is 2.67 bits per heavy atom.